The molecule has 0 bridgehead atoms. The van der Waals surface area contributed by atoms with Gasteiger partial charge in [0.1, 0.15) is 5.00 Å². The van der Waals surface area contributed by atoms with Gasteiger partial charge in [0.05, 0.1) is 28.5 Å². The molecule has 0 unspecified atom stereocenters. The van der Waals surface area contributed by atoms with E-state index in [-0.39, 0.29) is 35.2 Å². The Morgan fingerprint density at radius 3 is 2.31 bits per heavy atom. The summed E-state index contributed by atoms with van der Waals surface area (Å²) in [7, 11) is -3.54. The van der Waals surface area contributed by atoms with Gasteiger partial charge in [0, 0.05) is 18.7 Å². The van der Waals surface area contributed by atoms with E-state index in [0.717, 1.165) is 24.2 Å². The third-order valence-corrected chi connectivity index (χ3v) is 8.50. The molecule has 1 aromatic heterocycles. The van der Waals surface area contributed by atoms with E-state index in [0.29, 0.717) is 34.1 Å². The number of hydrogen-bond acceptors (Lipinski definition) is 8. The van der Waals surface area contributed by atoms with E-state index in [2.05, 4.69) is 5.32 Å². The van der Waals surface area contributed by atoms with E-state index in [4.69, 9.17) is 4.74 Å². The number of rotatable bonds is 9. The fourth-order valence-electron chi connectivity index (χ4n) is 3.58. The van der Waals surface area contributed by atoms with Crippen molar-refractivity contribution in [2.24, 2.45) is 0 Å². The molecule has 1 aliphatic rings. The van der Waals surface area contributed by atoms with Crippen molar-refractivity contribution in [2.75, 3.05) is 31.6 Å². The molecular formula is C22H26N2O6S2. The molecular weight excluding hydrogens is 452 g/mol. The number of Topliss-reactive ketones (excluding diaryl/α,β-unsaturated/α-hetero) is 2. The van der Waals surface area contributed by atoms with Crippen molar-refractivity contribution in [3.05, 3.63) is 45.8 Å². The van der Waals surface area contributed by atoms with Gasteiger partial charge in [-0.05, 0) is 63.4 Å². The summed E-state index contributed by atoms with van der Waals surface area (Å²) in [4.78, 5) is 37.5. The van der Waals surface area contributed by atoms with E-state index in [1.54, 1.807) is 13.8 Å². The quantitative estimate of drug-likeness (QED) is 0.434. The fourth-order valence-corrected chi connectivity index (χ4v) is 6.18. The maximum atomic E-state index is 12.7. The lowest BCUT2D eigenvalue weighted by Crippen LogP contribution is -2.27. The predicted octanol–water partition coefficient (Wildman–Crippen LogP) is 3.52. The summed E-state index contributed by atoms with van der Waals surface area (Å²) in [6.45, 7) is 5.87. The van der Waals surface area contributed by atoms with E-state index >= 15 is 0 Å². The highest BCUT2D eigenvalue weighted by atomic mass is 32.2. The third kappa shape index (κ3) is 4.92. The summed E-state index contributed by atoms with van der Waals surface area (Å²) in [6.07, 6.45) is 1.70. The molecule has 2 aromatic rings. The van der Waals surface area contributed by atoms with Crippen molar-refractivity contribution in [2.45, 2.75) is 38.5 Å². The zero-order valence-electron chi connectivity index (χ0n) is 18.3. The molecule has 0 spiro atoms. The van der Waals surface area contributed by atoms with Gasteiger partial charge in [0.25, 0.3) is 0 Å². The number of thiophene rings is 1. The highest BCUT2D eigenvalue weighted by Crippen LogP contribution is 2.34. The van der Waals surface area contributed by atoms with Crippen LogP contribution in [0, 0.1) is 6.92 Å². The number of hydrogen-bond donors (Lipinski definition) is 1. The Kier molecular flexibility index (Phi) is 7.47. The molecule has 32 heavy (non-hydrogen) atoms. The van der Waals surface area contributed by atoms with Crippen LogP contribution in [0.3, 0.4) is 0 Å². The molecule has 0 saturated carbocycles. The smallest absolute Gasteiger partial charge is 0.341 e. The first-order valence-corrected chi connectivity index (χ1v) is 12.6. The Balaban J connectivity index is 1.75. The largest absolute Gasteiger partial charge is 0.462 e. The first-order chi connectivity index (χ1) is 15.2. The monoisotopic (exact) mass is 478 g/mol. The summed E-state index contributed by atoms with van der Waals surface area (Å²) in [5.74, 6) is -1.01. The first kappa shape index (κ1) is 24.1. The van der Waals surface area contributed by atoms with Crippen LogP contribution < -0.4 is 5.32 Å². The van der Waals surface area contributed by atoms with E-state index < -0.39 is 16.0 Å². The summed E-state index contributed by atoms with van der Waals surface area (Å²) in [6, 6.07) is 5.85. The lowest BCUT2D eigenvalue weighted by Gasteiger charge is -2.15. The highest BCUT2D eigenvalue weighted by Gasteiger charge is 2.27. The van der Waals surface area contributed by atoms with Crippen molar-refractivity contribution < 1.29 is 27.5 Å². The molecule has 1 aromatic carbocycles. The Hall–Kier alpha value is -2.56. The van der Waals surface area contributed by atoms with Crippen LogP contribution in [0.15, 0.2) is 29.2 Å². The molecule has 172 valence electrons. The number of benzene rings is 1. The van der Waals surface area contributed by atoms with Crippen LogP contribution in [0.1, 0.15) is 62.6 Å². The van der Waals surface area contributed by atoms with Crippen LogP contribution in [0.4, 0.5) is 5.00 Å². The van der Waals surface area contributed by atoms with Crippen molar-refractivity contribution in [3.63, 3.8) is 0 Å². The number of sulfonamides is 1. The third-order valence-electron chi connectivity index (χ3n) is 5.23. The van der Waals surface area contributed by atoms with Gasteiger partial charge < -0.3 is 10.1 Å². The molecule has 1 saturated heterocycles. The Labute approximate surface area is 191 Å². The highest BCUT2D eigenvalue weighted by molar-refractivity contribution is 7.89. The number of carbonyl (C=O) groups excluding carboxylic acids is 3. The first-order valence-electron chi connectivity index (χ1n) is 10.4. The predicted molar refractivity (Wildman–Crippen MR) is 122 cm³/mol. The number of nitrogens with one attached hydrogen (secondary N) is 1. The van der Waals surface area contributed by atoms with Crippen molar-refractivity contribution in [3.8, 4) is 0 Å². The Morgan fingerprint density at radius 2 is 1.75 bits per heavy atom. The maximum absolute atomic E-state index is 12.7. The van der Waals surface area contributed by atoms with Crippen LogP contribution in [0.25, 0.3) is 0 Å². The van der Waals surface area contributed by atoms with E-state index in [1.165, 1.54) is 35.5 Å². The summed E-state index contributed by atoms with van der Waals surface area (Å²) >= 11 is 1.11. The molecule has 1 fully saturated rings. The Bertz CT molecular complexity index is 1130. The maximum Gasteiger partial charge on any atom is 0.341 e. The zero-order valence-corrected chi connectivity index (χ0v) is 19.9. The molecule has 8 nitrogen and oxygen atoms in total. The molecule has 0 aliphatic carbocycles. The lowest BCUT2D eigenvalue weighted by molar-refractivity contribution is 0.0527. The number of anilines is 1. The molecule has 2 heterocycles. The molecule has 3 rings (SSSR count). The number of ketones is 2. The molecule has 0 atom stereocenters. The molecule has 1 aliphatic heterocycles. The van der Waals surface area contributed by atoms with Crippen molar-refractivity contribution in [1.82, 2.24) is 4.31 Å². The van der Waals surface area contributed by atoms with Gasteiger partial charge in [-0.25, -0.2) is 13.2 Å². The number of carbonyl (C=O) groups is 3. The molecule has 1 N–H and O–H groups in total. The van der Waals surface area contributed by atoms with Gasteiger partial charge >= 0.3 is 5.97 Å². The normalized spacial score (nSPS) is 14.3. The minimum absolute atomic E-state index is 0.123. The second-order valence-electron chi connectivity index (χ2n) is 7.45. The second-order valence-corrected chi connectivity index (χ2v) is 10.4. The average Bonchev–Trinajstić information content (AvgIpc) is 3.41. The molecule has 0 radical (unpaired) electrons. The van der Waals surface area contributed by atoms with Crippen LogP contribution >= 0.6 is 11.3 Å². The second kappa shape index (κ2) is 9.93. The average molecular weight is 479 g/mol. The van der Waals surface area contributed by atoms with E-state index in [9.17, 15) is 22.8 Å². The number of nitrogens with zero attached hydrogens (tertiary/aromatic N) is 1. The van der Waals surface area contributed by atoms with Gasteiger partial charge in [-0.3, -0.25) is 9.59 Å². The van der Waals surface area contributed by atoms with Gasteiger partial charge in [-0.15, -0.1) is 11.3 Å². The summed E-state index contributed by atoms with van der Waals surface area (Å²) in [5.41, 5.74) is 1.12. The SMILES string of the molecule is CCOC(=O)c1c(NCC(=O)c2ccc(S(=O)(=O)N3CCCC3)cc2)sc(C(C)=O)c1C. The zero-order chi connectivity index (χ0) is 23.5. The standard InChI is InChI=1S/C22H26N2O6S2/c1-4-30-22(27)19-14(2)20(15(3)25)31-21(19)23-13-18(26)16-7-9-17(10-8-16)32(28,29)24-11-5-6-12-24/h7-10,23H,4-6,11-13H2,1-3H3. The van der Waals surface area contributed by atoms with Gasteiger partial charge in [-0.1, -0.05) is 0 Å². The minimum Gasteiger partial charge on any atom is -0.462 e. The lowest BCUT2D eigenvalue weighted by atomic mass is 10.1. The molecule has 10 heteroatoms. The van der Waals surface area contributed by atoms with Gasteiger partial charge in [0.15, 0.2) is 11.6 Å². The van der Waals surface area contributed by atoms with Crippen LogP contribution in [0.2, 0.25) is 0 Å². The molecule has 0 amide bonds. The van der Waals surface area contributed by atoms with Crippen molar-refractivity contribution >= 4 is 43.9 Å². The summed E-state index contributed by atoms with van der Waals surface area (Å²) < 4.78 is 31.8. The van der Waals surface area contributed by atoms with Gasteiger partial charge in [-0.2, -0.15) is 4.31 Å². The van der Waals surface area contributed by atoms with Crippen LogP contribution in [-0.2, 0) is 14.8 Å². The minimum atomic E-state index is -3.54. The summed E-state index contributed by atoms with van der Waals surface area (Å²) in [5, 5.41) is 3.34. The van der Waals surface area contributed by atoms with Crippen LogP contribution in [0.5, 0.6) is 0 Å². The van der Waals surface area contributed by atoms with Crippen LogP contribution in [-0.4, -0.2) is 56.5 Å². The van der Waals surface area contributed by atoms with Crippen molar-refractivity contribution in [1.29, 1.82) is 0 Å². The fraction of sp³-hybridized carbons (Fsp3) is 0.409. The Morgan fingerprint density at radius 1 is 1.12 bits per heavy atom. The van der Waals surface area contributed by atoms with Gasteiger partial charge in [0.2, 0.25) is 10.0 Å². The topological polar surface area (TPSA) is 110 Å². The van der Waals surface area contributed by atoms with E-state index in [1.807, 2.05) is 0 Å². The number of ether oxygens (including phenoxy) is 1. The number of esters is 1.